The quantitative estimate of drug-likeness (QED) is 0.782. The number of hydrogen-bond donors (Lipinski definition) is 1. The van der Waals surface area contributed by atoms with E-state index in [0.29, 0.717) is 17.0 Å². The van der Waals surface area contributed by atoms with Crippen LogP contribution in [0.1, 0.15) is 48.9 Å². The maximum atomic E-state index is 12.9. The number of hydrogen-bond acceptors (Lipinski definition) is 6. The van der Waals surface area contributed by atoms with E-state index in [1.807, 2.05) is 25.7 Å². The Morgan fingerprint density at radius 1 is 1.24 bits per heavy atom. The van der Waals surface area contributed by atoms with Crippen LogP contribution in [0.5, 0.6) is 0 Å². The van der Waals surface area contributed by atoms with Crippen molar-refractivity contribution in [3.63, 3.8) is 0 Å². The van der Waals surface area contributed by atoms with E-state index in [-0.39, 0.29) is 16.7 Å². The van der Waals surface area contributed by atoms with Gasteiger partial charge in [-0.2, -0.15) is 0 Å². The smallest absolute Gasteiger partial charge is 0.259 e. The molecule has 8 heteroatoms. The lowest BCUT2D eigenvalue weighted by Crippen LogP contribution is -2.52. The van der Waals surface area contributed by atoms with Crippen LogP contribution >= 0.6 is 23.1 Å². The molecule has 1 aliphatic carbocycles. The third-order valence-electron chi connectivity index (χ3n) is 6.37. The standard InChI is InChI=1S/C21H30N4O2S2/c1-13-14(2)29-20-18(13)19(26)22-17(23-20)12-28-15(3)21(27)25-10-8-24(9-11-25)16-6-4-5-7-16/h15-16H,4-12H2,1-3H3,(H,22,23,26)/t15-/m0/s1. The van der Waals surface area contributed by atoms with Crippen LogP contribution in [0, 0.1) is 13.8 Å². The molecule has 2 fully saturated rings. The number of thiophene rings is 1. The van der Waals surface area contributed by atoms with E-state index in [0.717, 1.165) is 47.5 Å². The Balaban J connectivity index is 1.32. The number of H-pyrrole nitrogens is 1. The van der Waals surface area contributed by atoms with Crippen molar-refractivity contribution in [1.29, 1.82) is 0 Å². The van der Waals surface area contributed by atoms with Crippen LogP contribution in [0.3, 0.4) is 0 Å². The minimum absolute atomic E-state index is 0.0746. The molecule has 2 aromatic heterocycles. The van der Waals surface area contributed by atoms with E-state index in [4.69, 9.17) is 0 Å². The lowest BCUT2D eigenvalue weighted by molar-refractivity contribution is -0.132. The van der Waals surface area contributed by atoms with Crippen molar-refractivity contribution in [2.24, 2.45) is 0 Å². The van der Waals surface area contributed by atoms with E-state index in [2.05, 4.69) is 14.9 Å². The van der Waals surface area contributed by atoms with Crippen LogP contribution in [-0.4, -0.2) is 63.1 Å². The third kappa shape index (κ3) is 4.39. The molecule has 1 saturated carbocycles. The number of nitrogens with one attached hydrogen (secondary N) is 1. The summed E-state index contributed by atoms with van der Waals surface area (Å²) < 4.78 is 0. The summed E-state index contributed by atoms with van der Waals surface area (Å²) in [4.78, 5) is 39.3. The molecule has 158 valence electrons. The lowest BCUT2D eigenvalue weighted by Gasteiger charge is -2.38. The van der Waals surface area contributed by atoms with Crippen LogP contribution in [-0.2, 0) is 10.5 Å². The fraction of sp³-hybridized carbons (Fsp3) is 0.667. The van der Waals surface area contributed by atoms with Crippen LogP contribution in [0.25, 0.3) is 10.2 Å². The van der Waals surface area contributed by atoms with Crippen LogP contribution < -0.4 is 5.56 Å². The van der Waals surface area contributed by atoms with Gasteiger partial charge in [0.1, 0.15) is 10.7 Å². The topological polar surface area (TPSA) is 69.3 Å². The van der Waals surface area contributed by atoms with Gasteiger partial charge in [0.2, 0.25) is 5.91 Å². The van der Waals surface area contributed by atoms with Crippen molar-refractivity contribution < 1.29 is 4.79 Å². The van der Waals surface area contributed by atoms with Gasteiger partial charge in [-0.3, -0.25) is 14.5 Å². The molecule has 4 rings (SSSR count). The number of nitrogens with zero attached hydrogens (tertiary/aromatic N) is 3. The number of amides is 1. The number of piperazine rings is 1. The molecular weight excluding hydrogens is 404 g/mol. The van der Waals surface area contributed by atoms with Crippen LogP contribution in [0.2, 0.25) is 0 Å². The Kier molecular flexibility index (Phi) is 6.32. The zero-order valence-electron chi connectivity index (χ0n) is 17.5. The fourth-order valence-corrected chi connectivity index (χ4v) is 6.36. The highest BCUT2D eigenvalue weighted by Gasteiger charge is 2.29. The van der Waals surface area contributed by atoms with Gasteiger partial charge in [-0.15, -0.1) is 23.1 Å². The molecule has 1 aliphatic heterocycles. The monoisotopic (exact) mass is 434 g/mol. The lowest BCUT2D eigenvalue weighted by atomic mass is 10.2. The zero-order valence-corrected chi connectivity index (χ0v) is 19.1. The Hall–Kier alpha value is -1.38. The summed E-state index contributed by atoms with van der Waals surface area (Å²) >= 11 is 3.11. The second kappa shape index (κ2) is 8.78. The molecule has 0 spiro atoms. The molecule has 0 unspecified atom stereocenters. The van der Waals surface area contributed by atoms with Gasteiger partial charge in [0.25, 0.3) is 5.56 Å². The molecule has 6 nitrogen and oxygen atoms in total. The predicted molar refractivity (Wildman–Crippen MR) is 121 cm³/mol. The number of aryl methyl sites for hydroxylation is 2. The van der Waals surface area contributed by atoms with Crippen molar-refractivity contribution >= 4 is 39.2 Å². The van der Waals surface area contributed by atoms with Gasteiger partial charge in [-0.05, 0) is 39.2 Å². The average molecular weight is 435 g/mol. The van der Waals surface area contributed by atoms with Crippen LogP contribution in [0.15, 0.2) is 4.79 Å². The molecule has 2 aromatic rings. The van der Waals surface area contributed by atoms with Gasteiger partial charge in [0.05, 0.1) is 16.4 Å². The zero-order chi connectivity index (χ0) is 20.5. The molecule has 3 heterocycles. The largest absolute Gasteiger partial charge is 0.339 e. The van der Waals surface area contributed by atoms with Crippen LogP contribution in [0.4, 0.5) is 0 Å². The number of fused-ring (bicyclic) bond motifs is 1. The number of carbonyl (C=O) groups excluding carboxylic acids is 1. The molecule has 1 saturated heterocycles. The van der Waals surface area contributed by atoms with Crippen molar-refractivity contribution in [3.8, 4) is 0 Å². The summed E-state index contributed by atoms with van der Waals surface area (Å²) in [6.45, 7) is 9.60. The molecule has 2 aliphatic rings. The number of rotatable bonds is 5. The molecule has 0 bridgehead atoms. The van der Waals surface area contributed by atoms with Gasteiger partial charge < -0.3 is 9.88 Å². The number of carbonyl (C=O) groups is 1. The minimum atomic E-state index is -0.138. The minimum Gasteiger partial charge on any atom is -0.339 e. The van der Waals surface area contributed by atoms with E-state index < -0.39 is 0 Å². The predicted octanol–water partition coefficient (Wildman–Crippen LogP) is 3.31. The van der Waals surface area contributed by atoms with E-state index in [1.54, 1.807) is 23.1 Å². The Morgan fingerprint density at radius 2 is 1.93 bits per heavy atom. The van der Waals surface area contributed by atoms with Gasteiger partial charge in [-0.25, -0.2) is 4.98 Å². The Morgan fingerprint density at radius 3 is 2.62 bits per heavy atom. The first-order valence-electron chi connectivity index (χ1n) is 10.6. The van der Waals surface area contributed by atoms with Gasteiger partial charge >= 0.3 is 0 Å². The molecule has 0 radical (unpaired) electrons. The van der Waals surface area contributed by atoms with E-state index >= 15 is 0 Å². The van der Waals surface area contributed by atoms with E-state index in [1.165, 1.54) is 25.7 Å². The summed E-state index contributed by atoms with van der Waals surface area (Å²) in [6.07, 6.45) is 5.34. The van der Waals surface area contributed by atoms with Crippen molar-refractivity contribution in [1.82, 2.24) is 19.8 Å². The highest BCUT2D eigenvalue weighted by Crippen LogP contribution is 2.27. The second-order valence-electron chi connectivity index (χ2n) is 8.23. The van der Waals surface area contributed by atoms with E-state index in [9.17, 15) is 9.59 Å². The SMILES string of the molecule is Cc1sc2nc(CS[C@@H](C)C(=O)N3CCN(C4CCCC4)CC3)[nH]c(=O)c2c1C. The summed E-state index contributed by atoms with van der Waals surface area (Å²) in [5.74, 6) is 1.39. The normalized spacial score (nSPS) is 19.9. The molecule has 1 atom stereocenters. The highest BCUT2D eigenvalue weighted by molar-refractivity contribution is 7.99. The number of aromatic nitrogens is 2. The summed E-state index contributed by atoms with van der Waals surface area (Å²) in [5, 5.41) is 0.561. The van der Waals surface area contributed by atoms with Gasteiger partial charge in [0.15, 0.2) is 0 Å². The molecule has 29 heavy (non-hydrogen) atoms. The van der Waals surface area contributed by atoms with Gasteiger partial charge in [0, 0.05) is 37.1 Å². The second-order valence-corrected chi connectivity index (χ2v) is 10.8. The van der Waals surface area contributed by atoms with Crippen molar-refractivity contribution in [2.45, 2.75) is 63.5 Å². The fourth-order valence-electron chi connectivity index (χ4n) is 4.48. The summed E-state index contributed by atoms with van der Waals surface area (Å²) in [5.41, 5.74) is 0.938. The molecule has 0 aromatic carbocycles. The Labute approximate surface area is 180 Å². The number of aromatic amines is 1. The first-order valence-corrected chi connectivity index (χ1v) is 12.4. The van der Waals surface area contributed by atoms with Crippen molar-refractivity contribution in [2.75, 3.05) is 26.2 Å². The first-order chi connectivity index (χ1) is 13.9. The van der Waals surface area contributed by atoms with Crippen molar-refractivity contribution in [3.05, 3.63) is 26.6 Å². The number of thioether (sulfide) groups is 1. The first kappa shape index (κ1) is 20.9. The molecule has 1 N–H and O–H groups in total. The van der Waals surface area contributed by atoms with Gasteiger partial charge in [-0.1, -0.05) is 12.8 Å². The summed E-state index contributed by atoms with van der Waals surface area (Å²) in [7, 11) is 0. The molecule has 1 amide bonds. The third-order valence-corrected chi connectivity index (χ3v) is 8.62. The summed E-state index contributed by atoms with van der Waals surface area (Å²) in [6, 6.07) is 0.737. The molecular formula is C21H30N4O2S2. The highest BCUT2D eigenvalue weighted by atomic mass is 32.2. The maximum Gasteiger partial charge on any atom is 0.259 e. The average Bonchev–Trinajstić information content (AvgIpc) is 3.34. The maximum absolute atomic E-state index is 12.9. The Bertz CT molecular complexity index is 940.